The molecule has 2 N–H and O–H groups in total. The molecule has 0 aromatic carbocycles. The number of rotatable bonds is 7. The zero-order chi connectivity index (χ0) is 12.7. The summed E-state index contributed by atoms with van der Waals surface area (Å²) >= 11 is 3.38. The zero-order valence-corrected chi connectivity index (χ0v) is 11.8. The number of nitrogens with zero attached hydrogens (tertiary/aromatic N) is 1. The molecule has 1 aromatic rings. The van der Waals surface area contributed by atoms with E-state index in [0.29, 0.717) is 19.6 Å². The van der Waals surface area contributed by atoms with Gasteiger partial charge in [-0.1, -0.05) is 0 Å². The standard InChI is InChI=1S/C12H19BrN2O2/c1-3-16-12(17-4-2)11(14)6-9-5-10(13)8-15-7-9/h5,7-8,11-12H,3-4,6,14H2,1-2H3. The number of nitrogens with two attached hydrogens (primary N) is 1. The van der Waals surface area contributed by atoms with E-state index in [2.05, 4.69) is 20.9 Å². The lowest BCUT2D eigenvalue weighted by Gasteiger charge is -2.23. The molecule has 5 heteroatoms. The van der Waals surface area contributed by atoms with Crippen molar-refractivity contribution in [2.24, 2.45) is 5.73 Å². The van der Waals surface area contributed by atoms with Gasteiger partial charge in [-0.2, -0.15) is 0 Å². The first-order valence-electron chi connectivity index (χ1n) is 5.75. The largest absolute Gasteiger partial charge is 0.351 e. The average Bonchev–Trinajstić information content (AvgIpc) is 2.28. The molecule has 0 radical (unpaired) electrons. The minimum Gasteiger partial charge on any atom is -0.351 e. The van der Waals surface area contributed by atoms with Crippen LogP contribution in [0.1, 0.15) is 19.4 Å². The lowest BCUT2D eigenvalue weighted by molar-refractivity contribution is -0.148. The van der Waals surface area contributed by atoms with Gasteiger partial charge in [0.15, 0.2) is 6.29 Å². The summed E-state index contributed by atoms with van der Waals surface area (Å²) in [6.07, 6.45) is 3.87. The lowest BCUT2D eigenvalue weighted by atomic mass is 10.1. The molecule has 1 aromatic heterocycles. The lowest BCUT2D eigenvalue weighted by Crippen LogP contribution is -2.40. The summed E-state index contributed by atoms with van der Waals surface area (Å²) in [5, 5.41) is 0. The van der Waals surface area contributed by atoms with E-state index in [4.69, 9.17) is 15.2 Å². The van der Waals surface area contributed by atoms with Gasteiger partial charge >= 0.3 is 0 Å². The predicted molar refractivity (Wildman–Crippen MR) is 70.7 cm³/mol. The van der Waals surface area contributed by atoms with Crippen LogP contribution in [0.3, 0.4) is 0 Å². The van der Waals surface area contributed by atoms with Crippen molar-refractivity contribution in [2.45, 2.75) is 32.6 Å². The molecule has 0 saturated heterocycles. The Morgan fingerprint density at radius 2 is 1.94 bits per heavy atom. The molecule has 1 atom stereocenters. The van der Waals surface area contributed by atoms with Crippen molar-refractivity contribution in [2.75, 3.05) is 13.2 Å². The van der Waals surface area contributed by atoms with E-state index in [1.165, 1.54) is 0 Å². The molecule has 0 aliphatic heterocycles. The number of pyridine rings is 1. The van der Waals surface area contributed by atoms with Crippen molar-refractivity contribution in [1.82, 2.24) is 4.98 Å². The molecule has 0 saturated carbocycles. The minimum atomic E-state index is -0.357. The van der Waals surface area contributed by atoms with E-state index in [9.17, 15) is 0 Å². The van der Waals surface area contributed by atoms with Crippen LogP contribution in [-0.2, 0) is 15.9 Å². The van der Waals surface area contributed by atoms with E-state index in [-0.39, 0.29) is 12.3 Å². The zero-order valence-electron chi connectivity index (χ0n) is 10.2. The Hall–Kier alpha value is -0.490. The van der Waals surface area contributed by atoms with E-state index in [1.54, 1.807) is 12.4 Å². The van der Waals surface area contributed by atoms with Crippen molar-refractivity contribution in [1.29, 1.82) is 0 Å². The van der Waals surface area contributed by atoms with Gasteiger partial charge in [0, 0.05) is 30.1 Å². The van der Waals surface area contributed by atoms with Gasteiger partial charge in [0.05, 0.1) is 6.04 Å². The van der Waals surface area contributed by atoms with Gasteiger partial charge < -0.3 is 15.2 Å². The third-order valence-corrected chi connectivity index (χ3v) is 2.68. The Morgan fingerprint density at radius 1 is 1.29 bits per heavy atom. The first-order chi connectivity index (χ1) is 8.17. The maximum atomic E-state index is 6.08. The molecule has 1 unspecified atom stereocenters. The average molecular weight is 303 g/mol. The first kappa shape index (κ1) is 14.6. The molecular formula is C12H19BrN2O2. The highest BCUT2D eigenvalue weighted by Gasteiger charge is 2.18. The van der Waals surface area contributed by atoms with Crippen LogP contribution in [0.15, 0.2) is 22.9 Å². The smallest absolute Gasteiger partial charge is 0.172 e. The van der Waals surface area contributed by atoms with Gasteiger partial charge in [0.25, 0.3) is 0 Å². The Bertz CT molecular complexity index is 330. The molecule has 1 rings (SSSR count). The van der Waals surface area contributed by atoms with Gasteiger partial charge in [0.2, 0.25) is 0 Å². The third-order valence-electron chi connectivity index (χ3n) is 2.24. The third kappa shape index (κ3) is 5.12. The monoisotopic (exact) mass is 302 g/mol. The first-order valence-corrected chi connectivity index (χ1v) is 6.54. The van der Waals surface area contributed by atoms with Crippen molar-refractivity contribution in [3.05, 3.63) is 28.5 Å². The second kappa shape index (κ2) is 7.76. The highest BCUT2D eigenvalue weighted by Crippen LogP contribution is 2.13. The highest BCUT2D eigenvalue weighted by atomic mass is 79.9. The van der Waals surface area contributed by atoms with E-state index in [1.807, 2.05) is 19.9 Å². The molecule has 4 nitrogen and oxygen atoms in total. The van der Waals surface area contributed by atoms with E-state index < -0.39 is 0 Å². The Labute approximate surface area is 111 Å². The van der Waals surface area contributed by atoms with Crippen LogP contribution < -0.4 is 5.73 Å². The summed E-state index contributed by atoms with van der Waals surface area (Å²) in [5.74, 6) is 0. The molecular weight excluding hydrogens is 284 g/mol. The van der Waals surface area contributed by atoms with Gasteiger partial charge in [-0.05, 0) is 47.8 Å². The van der Waals surface area contributed by atoms with Gasteiger partial charge in [-0.15, -0.1) is 0 Å². The van der Waals surface area contributed by atoms with Crippen molar-refractivity contribution in [3.8, 4) is 0 Å². The second-order valence-corrected chi connectivity index (χ2v) is 4.57. The fourth-order valence-electron chi connectivity index (χ4n) is 1.56. The summed E-state index contributed by atoms with van der Waals surface area (Å²) in [5.41, 5.74) is 7.15. The molecule has 1 heterocycles. The molecule has 0 aliphatic rings. The molecule has 17 heavy (non-hydrogen) atoms. The highest BCUT2D eigenvalue weighted by molar-refractivity contribution is 9.10. The summed E-state index contributed by atoms with van der Waals surface area (Å²) in [6.45, 7) is 5.04. The van der Waals surface area contributed by atoms with Crippen LogP contribution in [0, 0.1) is 0 Å². The van der Waals surface area contributed by atoms with Crippen LogP contribution in [0.5, 0.6) is 0 Å². The van der Waals surface area contributed by atoms with Crippen molar-refractivity contribution >= 4 is 15.9 Å². The summed E-state index contributed by atoms with van der Waals surface area (Å²) in [4.78, 5) is 4.10. The topological polar surface area (TPSA) is 57.4 Å². The van der Waals surface area contributed by atoms with E-state index in [0.717, 1.165) is 10.0 Å². The number of halogens is 1. The molecule has 0 spiro atoms. The molecule has 0 bridgehead atoms. The predicted octanol–water partition coefficient (Wildman–Crippen LogP) is 2.11. The van der Waals surface area contributed by atoms with Crippen molar-refractivity contribution < 1.29 is 9.47 Å². The number of hydrogen-bond acceptors (Lipinski definition) is 4. The fraction of sp³-hybridized carbons (Fsp3) is 0.583. The van der Waals surface area contributed by atoms with Crippen LogP contribution in [0.4, 0.5) is 0 Å². The summed E-state index contributed by atoms with van der Waals surface area (Å²) in [7, 11) is 0. The fourth-order valence-corrected chi connectivity index (χ4v) is 1.97. The molecule has 0 fully saturated rings. The van der Waals surface area contributed by atoms with Gasteiger partial charge in [0.1, 0.15) is 0 Å². The Kier molecular flexibility index (Phi) is 6.65. The molecule has 96 valence electrons. The maximum absolute atomic E-state index is 6.08. The van der Waals surface area contributed by atoms with Gasteiger partial charge in [-0.25, -0.2) is 0 Å². The maximum Gasteiger partial charge on any atom is 0.172 e. The normalized spacial score (nSPS) is 13.0. The quantitative estimate of drug-likeness (QED) is 0.784. The van der Waals surface area contributed by atoms with Gasteiger partial charge in [-0.3, -0.25) is 4.98 Å². The van der Waals surface area contributed by atoms with Crippen LogP contribution >= 0.6 is 15.9 Å². The summed E-state index contributed by atoms with van der Waals surface area (Å²) < 4.78 is 11.9. The number of aromatic nitrogens is 1. The van der Waals surface area contributed by atoms with Crippen LogP contribution in [-0.4, -0.2) is 30.5 Å². The Morgan fingerprint density at radius 3 is 2.47 bits per heavy atom. The van der Waals surface area contributed by atoms with Crippen molar-refractivity contribution in [3.63, 3.8) is 0 Å². The Balaban J connectivity index is 2.59. The second-order valence-electron chi connectivity index (χ2n) is 3.66. The SMILES string of the molecule is CCOC(OCC)C(N)Cc1cncc(Br)c1. The van der Waals surface area contributed by atoms with Crippen LogP contribution in [0.2, 0.25) is 0 Å². The summed E-state index contributed by atoms with van der Waals surface area (Å²) in [6, 6.07) is 1.81. The molecule has 0 aliphatic carbocycles. The minimum absolute atomic E-state index is 0.189. The molecule has 0 amide bonds. The number of hydrogen-bond donors (Lipinski definition) is 1. The van der Waals surface area contributed by atoms with E-state index >= 15 is 0 Å². The van der Waals surface area contributed by atoms with Crippen LogP contribution in [0.25, 0.3) is 0 Å². The number of ether oxygens (including phenoxy) is 2.